The van der Waals surface area contributed by atoms with Crippen LogP contribution in [0.15, 0.2) is 17.5 Å². The van der Waals surface area contributed by atoms with E-state index in [1.807, 2.05) is 17.5 Å². The molecule has 1 aliphatic heterocycles. The summed E-state index contributed by atoms with van der Waals surface area (Å²) in [4.78, 5) is 25.7. The maximum absolute atomic E-state index is 11.9. The van der Waals surface area contributed by atoms with Gasteiger partial charge < -0.3 is 15.3 Å². The van der Waals surface area contributed by atoms with Gasteiger partial charge in [0.15, 0.2) is 0 Å². The first-order valence-corrected chi connectivity index (χ1v) is 6.70. The van der Waals surface area contributed by atoms with E-state index in [0.29, 0.717) is 13.1 Å². The number of β-amino-alcohol motifs (C(OH)–C–C–N with tert-alkyl or cyclic N) is 1. The van der Waals surface area contributed by atoms with Gasteiger partial charge in [-0.1, -0.05) is 6.07 Å². The molecule has 0 saturated carbocycles. The summed E-state index contributed by atoms with van der Waals surface area (Å²) in [5.74, 6) is -0.183. The molecular formula is C12H16N2O3S. The molecule has 1 aromatic heterocycles. The molecule has 5 nitrogen and oxygen atoms in total. The van der Waals surface area contributed by atoms with Crippen molar-refractivity contribution >= 4 is 23.2 Å². The van der Waals surface area contributed by atoms with Crippen LogP contribution in [-0.2, 0) is 9.59 Å². The van der Waals surface area contributed by atoms with Crippen molar-refractivity contribution in [3.05, 3.63) is 22.4 Å². The molecule has 2 N–H and O–H groups in total. The van der Waals surface area contributed by atoms with Crippen molar-refractivity contribution < 1.29 is 14.7 Å². The lowest BCUT2D eigenvalue weighted by Crippen LogP contribution is -2.54. The molecule has 1 fully saturated rings. The number of carbonyl (C=O) groups is 2. The molecule has 0 radical (unpaired) electrons. The molecule has 2 rings (SSSR count). The number of carbonyl (C=O) groups excluding carboxylic acids is 2. The Morgan fingerprint density at radius 2 is 2.33 bits per heavy atom. The molecular weight excluding hydrogens is 252 g/mol. The maximum atomic E-state index is 11.9. The Morgan fingerprint density at radius 1 is 1.61 bits per heavy atom. The van der Waals surface area contributed by atoms with Crippen LogP contribution in [0.3, 0.4) is 0 Å². The van der Waals surface area contributed by atoms with Crippen molar-refractivity contribution in [3.63, 3.8) is 0 Å². The first-order chi connectivity index (χ1) is 8.56. The van der Waals surface area contributed by atoms with Gasteiger partial charge in [-0.3, -0.25) is 9.59 Å². The fourth-order valence-electron chi connectivity index (χ4n) is 1.92. The summed E-state index contributed by atoms with van der Waals surface area (Å²) in [7, 11) is 0. The smallest absolute Gasteiger partial charge is 0.225 e. The molecule has 98 valence electrons. The van der Waals surface area contributed by atoms with Crippen molar-refractivity contribution in [2.75, 3.05) is 13.1 Å². The molecule has 6 heteroatoms. The van der Waals surface area contributed by atoms with E-state index in [4.69, 9.17) is 5.11 Å². The van der Waals surface area contributed by atoms with Gasteiger partial charge in [0.25, 0.3) is 0 Å². The van der Waals surface area contributed by atoms with Gasteiger partial charge in [-0.05, 0) is 11.4 Å². The SMILES string of the molecule is CC(=O)NC(CC(=O)N1CC(O)C1)c1cccs1. The van der Waals surface area contributed by atoms with Gasteiger partial charge in [-0.15, -0.1) is 11.3 Å². The zero-order valence-electron chi connectivity index (χ0n) is 10.1. The molecule has 1 aliphatic rings. The third kappa shape index (κ3) is 3.08. The highest BCUT2D eigenvalue weighted by Gasteiger charge is 2.30. The predicted octanol–water partition coefficient (Wildman–Crippen LogP) is 0.518. The van der Waals surface area contributed by atoms with E-state index in [1.54, 1.807) is 4.90 Å². The fourth-order valence-corrected chi connectivity index (χ4v) is 2.70. The Kier molecular flexibility index (Phi) is 3.98. The van der Waals surface area contributed by atoms with Gasteiger partial charge in [0.1, 0.15) is 0 Å². The predicted molar refractivity (Wildman–Crippen MR) is 68.1 cm³/mol. The quantitative estimate of drug-likeness (QED) is 0.836. The minimum absolute atomic E-state index is 0.0348. The van der Waals surface area contributed by atoms with Crippen molar-refractivity contribution in [1.82, 2.24) is 10.2 Å². The monoisotopic (exact) mass is 268 g/mol. The Hall–Kier alpha value is -1.40. The van der Waals surface area contributed by atoms with Gasteiger partial charge in [0, 0.05) is 24.9 Å². The Labute approximate surface area is 109 Å². The molecule has 2 heterocycles. The van der Waals surface area contributed by atoms with Gasteiger partial charge in [-0.2, -0.15) is 0 Å². The summed E-state index contributed by atoms with van der Waals surface area (Å²) in [5, 5.41) is 13.9. The number of rotatable bonds is 4. The summed E-state index contributed by atoms with van der Waals surface area (Å²) < 4.78 is 0. The zero-order chi connectivity index (χ0) is 13.1. The summed E-state index contributed by atoms with van der Waals surface area (Å²) >= 11 is 1.52. The molecule has 1 unspecified atom stereocenters. The summed E-state index contributed by atoms with van der Waals surface area (Å²) in [6.07, 6.45) is -0.151. The minimum Gasteiger partial charge on any atom is -0.389 e. The lowest BCUT2D eigenvalue weighted by Gasteiger charge is -2.36. The van der Waals surface area contributed by atoms with E-state index in [0.717, 1.165) is 4.88 Å². The van der Waals surface area contributed by atoms with Gasteiger partial charge in [0.2, 0.25) is 11.8 Å². The third-order valence-electron chi connectivity index (χ3n) is 2.86. The highest BCUT2D eigenvalue weighted by Crippen LogP contribution is 2.24. The number of thiophene rings is 1. The van der Waals surface area contributed by atoms with Gasteiger partial charge in [0.05, 0.1) is 18.6 Å². The number of aliphatic hydroxyl groups excluding tert-OH is 1. The third-order valence-corrected chi connectivity index (χ3v) is 3.84. The number of aliphatic hydroxyl groups is 1. The van der Waals surface area contributed by atoms with Crippen LogP contribution in [0, 0.1) is 0 Å². The van der Waals surface area contributed by atoms with Crippen LogP contribution in [0.25, 0.3) is 0 Å². The molecule has 0 aliphatic carbocycles. The highest BCUT2D eigenvalue weighted by molar-refractivity contribution is 7.10. The standard InChI is InChI=1S/C12H16N2O3S/c1-8(15)13-10(11-3-2-4-18-11)5-12(17)14-6-9(16)7-14/h2-4,9-10,16H,5-7H2,1H3,(H,13,15). The second kappa shape index (κ2) is 5.49. The van der Waals surface area contributed by atoms with E-state index in [-0.39, 0.29) is 24.3 Å². The normalized spacial score (nSPS) is 17.1. The molecule has 1 saturated heterocycles. The van der Waals surface area contributed by atoms with Crippen LogP contribution in [0.5, 0.6) is 0 Å². The number of likely N-dealkylation sites (tertiary alicyclic amines) is 1. The molecule has 1 aromatic rings. The van der Waals surface area contributed by atoms with Crippen molar-refractivity contribution in [2.45, 2.75) is 25.5 Å². The summed E-state index contributed by atoms with van der Waals surface area (Å²) in [6.45, 7) is 2.24. The molecule has 0 bridgehead atoms. The minimum atomic E-state index is -0.394. The second-order valence-corrected chi connectivity index (χ2v) is 5.40. The number of nitrogens with zero attached hydrogens (tertiary/aromatic N) is 1. The average molecular weight is 268 g/mol. The zero-order valence-corrected chi connectivity index (χ0v) is 10.9. The average Bonchev–Trinajstić information content (AvgIpc) is 2.76. The topological polar surface area (TPSA) is 69.6 Å². The van der Waals surface area contributed by atoms with Crippen molar-refractivity contribution in [2.24, 2.45) is 0 Å². The van der Waals surface area contributed by atoms with Crippen LogP contribution in [-0.4, -0.2) is 41.0 Å². The van der Waals surface area contributed by atoms with Crippen LogP contribution in [0.4, 0.5) is 0 Å². The van der Waals surface area contributed by atoms with E-state index in [9.17, 15) is 9.59 Å². The van der Waals surface area contributed by atoms with E-state index >= 15 is 0 Å². The van der Waals surface area contributed by atoms with E-state index in [2.05, 4.69) is 5.32 Å². The lowest BCUT2D eigenvalue weighted by molar-refractivity contribution is -0.141. The van der Waals surface area contributed by atoms with Crippen LogP contribution in [0.1, 0.15) is 24.3 Å². The lowest BCUT2D eigenvalue weighted by atomic mass is 10.1. The number of hydrogen-bond donors (Lipinski definition) is 2. The number of amides is 2. The van der Waals surface area contributed by atoms with Crippen LogP contribution >= 0.6 is 11.3 Å². The molecule has 1 atom stereocenters. The van der Waals surface area contributed by atoms with E-state index < -0.39 is 6.10 Å². The Morgan fingerprint density at radius 3 is 2.83 bits per heavy atom. The first kappa shape index (κ1) is 13.0. The van der Waals surface area contributed by atoms with Gasteiger partial charge in [-0.25, -0.2) is 0 Å². The van der Waals surface area contributed by atoms with Gasteiger partial charge >= 0.3 is 0 Å². The van der Waals surface area contributed by atoms with Crippen LogP contribution < -0.4 is 5.32 Å². The highest BCUT2D eigenvalue weighted by atomic mass is 32.1. The maximum Gasteiger partial charge on any atom is 0.225 e. The number of hydrogen-bond acceptors (Lipinski definition) is 4. The number of nitrogens with one attached hydrogen (secondary N) is 1. The van der Waals surface area contributed by atoms with Crippen LogP contribution in [0.2, 0.25) is 0 Å². The summed E-state index contributed by atoms with van der Waals surface area (Å²) in [6, 6.07) is 3.53. The Balaban J connectivity index is 1.97. The largest absolute Gasteiger partial charge is 0.389 e. The summed E-state index contributed by atoms with van der Waals surface area (Å²) in [5.41, 5.74) is 0. The molecule has 2 amide bonds. The molecule has 0 spiro atoms. The Bertz CT molecular complexity index is 427. The first-order valence-electron chi connectivity index (χ1n) is 5.82. The fraction of sp³-hybridized carbons (Fsp3) is 0.500. The van der Waals surface area contributed by atoms with Crippen molar-refractivity contribution in [3.8, 4) is 0 Å². The second-order valence-electron chi connectivity index (χ2n) is 4.43. The van der Waals surface area contributed by atoms with Crippen molar-refractivity contribution in [1.29, 1.82) is 0 Å². The molecule has 0 aromatic carbocycles. The van der Waals surface area contributed by atoms with E-state index in [1.165, 1.54) is 18.3 Å². The molecule has 18 heavy (non-hydrogen) atoms.